The number of halogens is 3. The van der Waals surface area contributed by atoms with Crippen molar-refractivity contribution in [1.82, 2.24) is 0 Å². The molecule has 0 aromatic heterocycles. The van der Waals surface area contributed by atoms with Crippen molar-refractivity contribution in [2.75, 3.05) is 0 Å². The zero-order chi connectivity index (χ0) is 21.3. The molecule has 0 radical (unpaired) electrons. The number of carbonyl (C=O) groups excluding carboxylic acids is 1. The maximum absolute atomic E-state index is 13.3. The van der Waals surface area contributed by atoms with Crippen LogP contribution in [0, 0.1) is 11.3 Å². The average molecular weight is 389 g/mol. The van der Waals surface area contributed by atoms with Crippen molar-refractivity contribution in [3.63, 3.8) is 0 Å². The lowest BCUT2D eigenvalue weighted by atomic mass is 9.74. The first-order valence-electron chi connectivity index (χ1n) is 8.32. The number of aliphatic carboxylic acids is 1. The Kier molecular flexibility index (Phi) is 5.38. The molecule has 0 spiro atoms. The van der Waals surface area contributed by atoms with Gasteiger partial charge in [-0.1, -0.05) is 63.2 Å². The lowest BCUT2D eigenvalue weighted by Gasteiger charge is -2.25. The van der Waals surface area contributed by atoms with Crippen LogP contribution in [0.2, 0.25) is 0 Å². The monoisotopic (exact) mass is 389 g/mol. The Morgan fingerprint density at radius 2 is 1.43 bits per heavy atom. The Morgan fingerprint density at radius 3 is 1.86 bits per heavy atom. The van der Waals surface area contributed by atoms with Crippen molar-refractivity contribution >= 4 is 11.8 Å². The van der Waals surface area contributed by atoms with Gasteiger partial charge >= 0.3 is 12.1 Å². The number of hydrogen-bond donors (Lipinski definition) is 1. The standard InChI is InChI=1S/C21H18F3NO3/c1-19(2,3)13-8-10-14(11-9-13)20(12-25,18(27)28)17(26)15-6-4-5-7-16(15)21(22,23)24/h4-11H,1-3H3,(H,27,28). The van der Waals surface area contributed by atoms with Gasteiger partial charge in [-0.05, 0) is 22.6 Å². The largest absolute Gasteiger partial charge is 0.479 e. The molecule has 7 heteroatoms. The highest BCUT2D eigenvalue weighted by molar-refractivity contribution is 6.20. The highest BCUT2D eigenvalue weighted by atomic mass is 19.4. The fraction of sp³-hybridized carbons (Fsp3) is 0.286. The van der Waals surface area contributed by atoms with E-state index in [-0.39, 0.29) is 11.0 Å². The van der Waals surface area contributed by atoms with E-state index in [4.69, 9.17) is 0 Å². The fourth-order valence-electron chi connectivity index (χ4n) is 2.87. The van der Waals surface area contributed by atoms with Crippen LogP contribution in [0.25, 0.3) is 0 Å². The van der Waals surface area contributed by atoms with E-state index in [1.54, 1.807) is 12.1 Å². The summed E-state index contributed by atoms with van der Waals surface area (Å²) in [5.74, 6) is -3.26. The van der Waals surface area contributed by atoms with Crippen LogP contribution in [0.3, 0.4) is 0 Å². The molecule has 0 bridgehead atoms. The zero-order valence-corrected chi connectivity index (χ0v) is 15.5. The summed E-state index contributed by atoms with van der Waals surface area (Å²) in [4.78, 5) is 25.0. The van der Waals surface area contributed by atoms with E-state index < -0.39 is 34.5 Å². The van der Waals surface area contributed by atoms with Crippen molar-refractivity contribution in [1.29, 1.82) is 5.26 Å². The van der Waals surface area contributed by atoms with Gasteiger partial charge in [0.25, 0.3) is 0 Å². The molecule has 1 N–H and O–H groups in total. The number of alkyl halides is 3. The first-order valence-corrected chi connectivity index (χ1v) is 8.32. The van der Waals surface area contributed by atoms with Gasteiger partial charge in [-0.3, -0.25) is 4.79 Å². The predicted molar refractivity (Wildman–Crippen MR) is 95.8 cm³/mol. The third kappa shape index (κ3) is 3.63. The molecule has 0 heterocycles. The Labute approximate surface area is 160 Å². The number of ketones is 1. The molecular formula is C21H18F3NO3. The van der Waals surface area contributed by atoms with Crippen molar-refractivity contribution in [3.05, 3.63) is 70.8 Å². The van der Waals surface area contributed by atoms with Crippen LogP contribution in [0.1, 0.15) is 47.8 Å². The van der Waals surface area contributed by atoms with Crippen molar-refractivity contribution in [2.45, 2.75) is 37.8 Å². The molecule has 28 heavy (non-hydrogen) atoms. The van der Waals surface area contributed by atoms with Crippen molar-refractivity contribution in [2.24, 2.45) is 0 Å². The number of benzene rings is 2. The Hall–Kier alpha value is -3.14. The van der Waals surface area contributed by atoms with Gasteiger partial charge in [0.1, 0.15) is 0 Å². The number of rotatable bonds is 4. The minimum Gasteiger partial charge on any atom is -0.479 e. The van der Waals surface area contributed by atoms with Gasteiger partial charge in [0.05, 0.1) is 11.6 Å². The molecule has 146 valence electrons. The fourth-order valence-corrected chi connectivity index (χ4v) is 2.87. The van der Waals surface area contributed by atoms with E-state index >= 15 is 0 Å². The van der Waals surface area contributed by atoms with E-state index in [1.165, 1.54) is 24.3 Å². The molecule has 0 amide bonds. The molecule has 0 aliphatic carbocycles. The van der Waals surface area contributed by atoms with Gasteiger partial charge in [0, 0.05) is 5.56 Å². The number of carboxylic acids is 1. The summed E-state index contributed by atoms with van der Waals surface area (Å²) in [5, 5.41) is 19.3. The zero-order valence-electron chi connectivity index (χ0n) is 15.5. The van der Waals surface area contributed by atoms with Gasteiger partial charge in [-0.15, -0.1) is 0 Å². The van der Waals surface area contributed by atoms with Crippen molar-refractivity contribution < 1.29 is 27.9 Å². The van der Waals surface area contributed by atoms with Crippen LogP contribution in [0.5, 0.6) is 0 Å². The predicted octanol–water partition coefficient (Wildman–Crippen LogP) is 4.73. The van der Waals surface area contributed by atoms with Crippen LogP contribution in [-0.4, -0.2) is 16.9 Å². The van der Waals surface area contributed by atoms with Gasteiger partial charge in [-0.25, -0.2) is 4.79 Å². The third-order valence-electron chi connectivity index (χ3n) is 4.49. The maximum atomic E-state index is 13.3. The first-order chi connectivity index (χ1) is 12.9. The van der Waals surface area contributed by atoms with E-state index in [9.17, 15) is 33.1 Å². The molecular weight excluding hydrogens is 371 g/mol. The summed E-state index contributed by atoms with van der Waals surface area (Å²) in [7, 11) is 0. The molecule has 4 nitrogen and oxygen atoms in total. The van der Waals surface area contributed by atoms with Crippen molar-refractivity contribution in [3.8, 4) is 6.07 Å². The highest BCUT2D eigenvalue weighted by Gasteiger charge is 2.51. The van der Waals surface area contributed by atoms with E-state index in [0.29, 0.717) is 6.07 Å². The minimum absolute atomic E-state index is 0.197. The van der Waals surface area contributed by atoms with Gasteiger partial charge in [0.15, 0.2) is 5.78 Å². The molecule has 0 fully saturated rings. The summed E-state index contributed by atoms with van der Waals surface area (Å²) >= 11 is 0. The SMILES string of the molecule is CC(C)(C)c1ccc(C(C#N)(C(=O)O)C(=O)c2ccccc2C(F)(F)F)cc1. The second-order valence-electron chi connectivity index (χ2n) is 7.37. The van der Waals surface area contributed by atoms with Crippen LogP contribution < -0.4 is 0 Å². The first kappa shape index (κ1) is 21.2. The highest BCUT2D eigenvalue weighted by Crippen LogP contribution is 2.37. The quantitative estimate of drug-likeness (QED) is 0.606. The summed E-state index contributed by atoms with van der Waals surface area (Å²) in [6, 6.07) is 11.0. The Balaban J connectivity index is 2.71. The molecule has 2 aromatic rings. The van der Waals surface area contributed by atoms with Crippen LogP contribution in [0.4, 0.5) is 13.2 Å². The topological polar surface area (TPSA) is 78.2 Å². The molecule has 0 aliphatic rings. The molecule has 0 saturated heterocycles. The second-order valence-corrected chi connectivity index (χ2v) is 7.37. The summed E-state index contributed by atoms with van der Waals surface area (Å²) in [6.07, 6.45) is -4.87. The molecule has 2 aromatic carbocycles. The van der Waals surface area contributed by atoms with Gasteiger partial charge < -0.3 is 5.11 Å². The molecule has 1 atom stereocenters. The second kappa shape index (κ2) is 7.12. The number of carbonyl (C=O) groups is 2. The van der Waals surface area contributed by atoms with Crippen LogP contribution in [-0.2, 0) is 21.8 Å². The van der Waals surface area contributed by atoms with Gasteiger partial charge in [0.2, 0.25) is 5.41 Å². The van der Waals surface area contributed by atoms with E-state index in [2.05, 4.69) is 0 Å². The summed E-state index contributed by atoms with van der Waals surface area (Å²) < 4.78 is 39.9. The lowest BCUT2D eigenvalue weighted by molar-refractivity contribution is -0.141. The lowest BCUT2D eigenvalue weighted by Crippen LogP contribution is -2.43. The Bertz CT molecular complexity index is 951. The van der Waals surface area contributed by atoms with Gasteiger partial charge in [-0.2, -0.15) is 18.4 Å². The van der Waals surface area contributed by atoms with E-state index in [1.807, 2.05) is 20.8 Å². The van der Waals surface area contributed by atoms with Crippen LogP contribution >= 0.6 is 0 Å². The number of nitrogens with zero attached hydrogens (tertiary/aromatic N) is 1. The number of nitriles is 1. The Morgan fingerprint density at radius 1 is 0.929 bits per heavy atom. The third-order valence-corrected chi connectivity index (χ3v) is 4.49. The smallest absolute Gasteiger partial charge is 0.417 e. The number of Topliss-reactive ketones (excluding diaryl/α,β-unsaturated/α-hetero) is 1. The molecule has 2 rings (SSSR count). The number of hydrogen-bond acceptors (Lipinski definition) is 3. The molecule has 0 saturated carbocycles. The summed E-state index contributed by atoms with van der Waals surface area (Å²) in [6.45, 7) is 5.75. The maximum Gasteiger partial charge on any atom is 0.417 e. The molecule has 1 unspecified atom stereocenters. The minimum atomic E-state index is -4.87. The normalized spacial score (nSPS) is 14.0. The molecule has 0 aliphatic heterocycles. The average Bonchev–Trinajstić information content (AvgIpc) is 2.61. The van der Waals surface area contributed by atoms with E-state index in [0.717, 1.165) is 17.7 Å². The number of carboxylic acid groups (broad SMARTS) is 1. The van der Waals surface area contributed by atoms with Crippen LogP contribution in [0.15, 0.2) is 48.5 Å². The summed E-state index contributed by atoms with van der Waals surface area (Å²) in [5.41, 5.74) is -4.60.